The summed E-state index contributed by atoms with van der Waals surface area (Å²) in [5.74, 6) is -1.50. The summed E-state index contributed by atoms with van der Waals surface area (Å²) in [5.41, 5.74) is 1.50. The Kier molecular flexibility index (Phi) is 5.08. The molecule has 0 atom stereocenters. The highest BCUT2D eigenvalue weighted by Gasteiger charge is 2.16. The van der Waals surface area contributed by atoms with Crippen molar-refractivity contribution < 1.29 is 29.3 Å². The van der Waals surface area contributed by atoms with Gasteiger partial charge in [0, 0.05) is 5.56 Å². The van der Waals surface area contributed by atoms with Crippen molar-refractivity contribution in [1.29, 1.82) is 0 Å². The van der Waals surface area contributed by atoms with Gasteiger partial charge < -0.3 is 19.7 Å². The third kappa shape index (κ3) is 3.90. The Bertz CT molecular complexity index is 995. The molecule has 0 saturated heterocycles. The number of phenolic OH excluding ortho intramolecular Hbond substituents is 1. The molecule has 2 N–H and O–H groups in total. The van der Waals surface area contributed by atoms with Crippen LogP contribution in [0.3, 0.4) is 0 Å². The minimum absolute atomic E-state index is 0.0163. The van der Waals surface area contributed by atoms with E-state index in [0.717, 1.165) is 5.56 Å². The number of benzene rings is 3. The van der Waals surface area contributed by atoms with E-state index in [1.807, 2.05) is 30.3 Å². The molecule has 0 bridgehead atoms. The zero-order valence-corrected chi connectivity index (χ0v) is 14.4. The molecule has 3 rings (SSSR count). The largest absolute Gasteiger partial charge is 0.507 e. The van der Waals surface area contributed by atoms with E-state index in [2.05, 4.69) is 0 Å². The van der Waals surface area contributed by atoms with Crippen molar-refractivity contribution in [3.05, 3.63) is 77.9 Å². The van der Waals surface area contributed by atoms with E-state index in [1.54, 1.807) is 0 Å². The molecule has 6 heteroatoms. The van der Waals surface area contributed by atoms with Crippen molar-refractivity contribution in [3.8, 4) is 28.4 Å². The average molecular weight is 364 g/mol. The van der Waals surface area contributed by atoms with E-state index in [4.69, 9.17) is 14.6 Å². The Morgan fingerprint density at radius 3 is 2.22 bits per heavy atom. The Morgan fingerprint density at radius 1 is 0.852 bits per heavy atom. The number of esters is 1. The summed E-state index contributed by atoms with van der Waals surface area (Å²) in [7, 11) is 1.35. The van der Waals surface area contributed by atoms with Crippen LogP contribution in [0.1, 0.15) is 20.7 Å². The van der Waals surface area contributed by atoms with E-state index in [9.17, 15) is 14.7 Å². The average Bonchev–Trinajstić information content (AvgIpc) is 2.69. The van der Waals surface area contributed by atoms with Gasteiger partial charge in [0.2, 0.25) is 0 Å². The second-order valence-corrected chi connectivity index (χ2v) is 5.66. The molecule has 3 aromatic rings. The summed E-state index contributed by atoms with van der Waals surface area (Å²) in [6.45, 7) is 0. The molecule has 136 valence electrons. The SMILES string of the molecule is COc1cc(C(=O)O)ccc1OC(=O)c1ccc(O)c(-c2ccccc2)c1. The molecule has 0 aliphatic carbocycles. The maximum Gasteiger partial charge on any atom is 0.343 e. The molecule has 0 heterocycles. The Hall–Kier alpha value is -3.80. The number of hydrogen-bond acceptors (Lipinski definition) is 5. The smallest absolute Gasteiger partial charge is 0.343 e. The van der Waals surface area contributed by atoms with Crippen molar-refractivity contribution in [2.45, 2.75) is 0 Å². The van der Waals surface area contributed by atoms with Gasteiger partial charge in [-0.25, -0.2) is 9.59 Å². The van der Waals surface area contributed by atoms with E-state index in [-0.39, 0.29) is 28.4 Å². The minimum atomic E-state index is -1.11. The maximum absolute atomic E-state index is 12.5. The van der Waals surface area contributed by atoms with E-state index < -0.39 is 11.9 Å². The van der Waals surface area contributed by atoms with Crippen LogP contribution in [0.15, 0.2) is 66.7 Å². The van der Waals surface area contributed by atoms with Gasteiger partial charge in [-0.1, -0.05) is 30.3 Å². The van der Waals surface area contributed by atoms with Gasteiger partial charge in [-0.3, -0.25) is 0 Å². The van der Waals surface area contributed by atoms with E-state index in [1.165, 1.54) is 43.5 Å². The van der Waals surface area contributed by atoms with Crippen molar-refractivity contribution in [2.75, 3.05) is 7.11 Å². The lowest BCUT2D eigenvalue weighted by Crippen LogP contribution is -2.10. The molecule has 0 saturated carbocycles. The molecule has 3 aromatic carbocycles. The second-order valence-electron chi connectivity index (χ2n) is 5.66. The van der Waals surface area contributed by atoms with Gasteiger partial charge in [0.1, 0.15) is 5.75 Å². The fourth-order valence-electron chi connectivity index (χ4n) is 2.56. The third-order valence-corrected chi connectivity index (χ3v) is 3.93. The summed E-state index contributed by atoms with van der Waals surface area (Å²) in [5, 5.41) is 19.1. The molecule has 0 aromatic heterocycles. The summed E-state index contributed by atoms with van der Waals surface area (Å²) in [4.78, 5) is 23.6. The standard InChI is InChI=1S/C21H16O6/c1-26-19-12-14(20(23)24)8-10-18(19)27-21(25)15-7-9-17(22)16(11-15)13-5-3-2-4-6-13/h2-12,22H,1H3,(H,23,24). The Labute approximate surface area is 155 Å². The van der Waals surface area contributed by atoms with Crippen molar-refractivity contribution >= 4 is 11.9 Å². The number of hydrogen-bond donors (Lipinski definition) is 2. The monoisotopic (exact) mass is 364 g/mol. The van der Waals surface area contributed by atoms with Crippen LogP contribution < -0.4 is 9.47 Å². The number of phenols is 1. The van der Waals surface area contributed by atoms with Crippen molar-refractivity contribution in [2.24, 2.45) is 0 Å². The first-order valence-corrected chi connectivity index (χ1v) is 8.01. The van der Waals surface area contributed by atoms with Gasteiger partial charge in [0.15, 0.2) is 11.5 Å². The fourth-order valence-corrected chi connectivity index (χ4v) is 2.56. The zero-order valence-electron chi connectivity index (χ0n) is 14.4. The van der Waals surface area contributed by atoms with E-state index >= 15 is 0 Å². The van der Waals surface area contributed by atoms with Crippen LogP contribution in [-0.2, 0) is 0 Å². The highest BCUT2D eigenvalue weighted by atomic mass is 16.6. The molecular formula is C21H16O6. The molecule has 0 radical (unpaired) electrons. The fraction of sp³-hybridized carbons (Fsp3) is 0.0476. The summed E-state index contributed by atoms with van der Waals surface area (Å²) < 4.78 is 10.5. The summed E-state index contributed by atoms with van der Waals surface area (Å²) >= 11 is 0. The summed E-state index contributed by atoms with van der Waals surface area (Å²) in [6.07, 6.45) is 0. The van der Waals surface area contributed by atoms with Crippen LogP contribution in [0.5, 0.6) is 17.2 Å². The van der Waals surface area contributed by atoms with Crippen LogP contribution in [0.2, 0.25) is 0 Å². The molecule has 0 fully saturated rings. The van der Waals surface area contributed by atoms with Crippen LogP contribution in [0.4, 0.5) is 0 Å². The number of carbonyl (C=O) groups is 2. The first-order chi connectivity index (χ1) is 13.0. The number of methoxy groups -OCH3 is 1. The first kappa shape index (κ1) is 18.0. The number of carboxylic acids is 1. The molecule has 0 unspecified atom stereocenters. The lowest BCUT2D eigenvalue weighted by Gasteiger charge is -2.11. The normalized spacial score (nSPS) is 10.3. The number of carboxylic acid groups (broad SMARTS) is 1. The number of aromatic hydroxyl groups is 1. The van der Waals surface area contributed by atoms with Gasteiger partial charge in [-0.15, -0.1) is 0 Å². The molecule has 0 spiro atoms. The van der Waals surface area contributed by atoms with Gasteiger partial charge >= 0.3 is 11.9 Å². The van der Waals surface area contributed by atoms with Crippen LogP contribution in [0, 0.1) is 0 Å². The lowest BCUT2D eigenvalue weighted by atomic mass is 10.0. The van der Waals surface area contributed by atoms with Gasteiger partial charge in [0.25, 0.3) is 0 Å². The van der Waals surface area contributed by atoms with Crippen molar-refractivity contribution in [1.82, 2.24) is 0 Å². The topological polar surface area (TPSA) is 93.1 Å². The number of ether oxygens (including phenoxy) is 2. The number of aromatic carboxylic acids is 1. The lowest BCUT2D eigenvalue weighted by molar-refractivity contribution is 0.0696. The number of rotatable bonds is 5. The maximum atomic E-state index is 12.5. The van der Waals surface area contributed by atoms with E-state index in [0.29, 0.717) is 5.56 Å². The summed E-state index contributed by atoms with van der Waals surface area (Å²) in [6, 6.07) is 17.5. The molecule has 0 aliphatic rings. The van der Waals surface area contributed by atoms with Gasteiger partial charge in [0.05, 0.1) is 18.2 Å². The molecule has 0 amide bonds. The molecule has 27 heavy (non-hydrogen) atoms. The predicted molar refractivity (Wildman–Crippen MR) is 98.5 cm³/mol. The predicted octanol–water partition coefficient (Wildman–Crippen LogP) is 3.99. The van der Waals surface area contributed by atoms with Gasteiger partial charge in [-0.05, 0) is 42.0 Å². The minimum Gasteiger partial charge on any atom is -0.507 e. The molecular weight excluding hydrogens is 348 g/mol. The zero-order chi connectivity index (χ0) is 19.4. The number of carbonyl (C=O) groups excluding carboxylic acids is 1. The Morgan fingerprint density at radius 2 is 1.56 bits per heavy atom. The van der Waals surface area contributed by atoms with Crippen LogP contribution in [-0.4, -0.2) is 29.3 Å². The highest BCUT2D eigenvalue weighted by molar-refractivity contribution is 5.94. The van der Waals surface area contributed by atoms with Crippen LogP contribution in [0.25, 0.3) is 11.1 Å². The third-order valence-electron chi connectivity index (χ3n) is 3.93. The molecule has 0 aliphatic heterocycles. The quantitative estimate of drug-likeness (QED) is 0.525. The highest BCUT2D eigenvalue weighted by Crippen LogP contribution is 2.32. The van der Waals surface area contributed by atoms with Crippen molar-refractivity contribution in [3.63, 3.8) is 0 Å². The molecule has 6 nitrogen and oxygen atoms in total. The second kappa shape index (κ2) is 7.61. The Balaban J connectivity index is 1.90. The van der Waals surface area contributed by atoms with Gasteiger partial charge in [-0.2, -0.15) is 0 Å². The first-order valence-electron chi connectivity index (χ1n) is 8.01. The van der Waals surface area contributed by atoms with Crippen LogP contribution >= 0.6 is 0 Å².